The van der Waals surface area contributed by atoms with E-state index in [1.165, 1.54) is 0 Å². The lowest BCUT2D eigenvalue weighted by atomic mass is 10.1. The summed E-state index contributed by atoms with van der Waals surface area (Å²) in [5, 5.41) is 14.7. The van der Waals surface area contributed by atoms with Gasteiger partial charge in [0, 0.05) is 16.9 Å². The van der Waals surface area contributed by atoms with Gasteiger partial charge in [0.15, 0.2) is 5.69 Å². The summed E-state index contributed by atoms with van der Waals surface area (Å²) < 4.78 is 0. The molecule has 0 spiro atoms. The first-order valence-corrected chi connectivity index (χ1v) is 9.86. The Morgan fingerprint density at radius 2 is 1.76 bits per heavy atom. The van der Waals surface area contributed by atoms with E-state index in [9.17, 15) is 9.59 Å². The van der Waals surface area contributed by atoms with E-state index in [0.717, 1.165) is 10.6 Å². The summed E-state index contributed by atoms with van der Waals surface area (Å²) in [4.78, 5) is 26.3. The topological polar surface area (TPSA) is 86.9 Å². The van der Waals surface area contributed by atoms with Gasteiger partial charge in [-0.15, -0.1) is 11.3 Å². The standard InChI is InChI=1S/C22H18N4O2S/c1-14-16(21(27)23-15-7-3-2-4-8-15)9-5-10-17(14)24-22(28)19-13-18(25-26-19)20-11-6-12-29-20/h2-13H,1H3,(H,23,27)(H,24,28)(H,25,26). The molecule has 0 atom stereocenters. The van der Waals surface area contributed by atoms with Gasteiger partial charge < -0.3 is 10.6 Å². The maximum absolute atomic E-state index is 12.6. The fourth-order valence-electron chi connectivity index (χ4n) is 2.92. The number of hydrogen-bond acceptors (Lipinski definition) is 4. The first-order valence-electron chi connectivity index (χ1n) is 8.98. The lowest BCUT2D eigenvalue weighted by molar-refractivity contribution is 0.101. The number of rotatable bonds is 5. The Morgan fingerprint density at radius 3 is 2.52 bits per heavy atom. The zero-order chi connectivity index (χ0) is 20.2. The van der Waals surface area contributed by atoms with Crippen LogP contribution in [0.15, 0.2) is 72.1 Å². The van der Waals surface area contributed by atoms with Gasteiger partial charge in [-0.3, -0.25) is 14.7 Å². The molecule has 6 nitrogen and oxygen atoms in total. The third-order valence-electron chi connectivity index (χ3n) is 4.46. The number of benzene rings is 2. The Hall–Kier alpha value is -3.71. The van der Waals surface area contributed by atoms with Crippen LogP contribution < -0.4 is 10.6 Å². The number of aromatic amines is 1. The van der Waals surface area contributed by atoms with Crippen LogP contribution in [0.5, 0.6) is 0 Å². The Morgan fingerprint density at radius 1 is 0.931 bits per heavy atom. The quantitative estimate of drug-likeness (QED) is 0.441. The van der Waals surface area contributed by atoms with Crippen LogP contribution in [0.4, 0.5) is 11.4 Å². The molecule has 0 aliphatic carbocycles. The van der Waals surface area contributed by atoms with E-state index in [2.05, 4.69) is 20.8 Å². The van der Waals surface area contributed by atoms with E-state index in [1.807, 2.05) is 47.8 Å². The number of amides is 2. The van der Waals surface area contributed by atoms with Gasteiger partial charge in [0.2, 0.25) is 0 Å². The molecule has 0 radical (unpaired) electrons. The van der Waals surface area contributed by atoms with Crippen molar-refractivity contribution in [3.05, 3.63) is 88.9 Å². The number of nitrogens with zero attached hydrogens (tertiary/aromatic N) is 1. The summed E-state index contributed by atoms with van der Waals surface area (Å²) in [6, 6.07) is 20.1. The molecule has 2 amide bonds. The number of hydrogen-bond donors (Lipinski definition) is 3. The van der Waals surface area contributed by atoms with Crippen molar-refractivity contribution in [2.75, 3.05) is 10.6 Å². The van der Waals surface area contributed by atoms with Crippen LogP contribution in [0.25, 0.3) is 10.6 Å². The summed E-state index contributed by atoms with van der Waals surface area (Å²) in [5.74, 6) is -0.572. The molecule has 2 aromatic heterocycles. The second kappa shape index (κ2) is 8.12. The Kier molecular flexibility index (Phi) is 5.22. The van der Waals surface area contributed by atoms with Crippen LogP contribution in [0.2, 0.25) is 0 Å². The van der Waals surface area contributed by atoms with Gasteiger partial charge >= 0.3 is 0 Å². The molecule has 2 heterocycles. The molecule has 0 saturated heterocycles. The van der Waals surface area contributed by atoms with E-state index in [-0.39, 0.29) is 17.5 Å². The maximum Gasteiger partial charge on any atom is 0.276 e. The highest BCUT2D eigenvalue weighted by molar-refractivity contribution is 7.13. The van der Waals surface area contributed by atoms with Crippen LogP contribution in [0, 0.1) is 6.92 Å². The minimum atomic E-state index is -0.340. The number of H-pyrrole nitrogens is 1. The smallest absolute Gasteiger partial charge is 0.276 e. The Labute approximate surface area is 171 Å². The van der Waals surface area contributed by atoms with Crippen LogP contribution in [0.1, 0.15) is 26.4 Å². The molecule has 29 heavy (non-hydrogen) atoms. The van der Waals surface area contributed by atoms with Crippen molar-refractivity contribution in [2.45, 2.75) is 6.92 Å². The fourth-order valence-corrected chi connectivity index (χ4v) is 3.61. The van der Waals surface area contributed by atoms with Crippen LogP contribution in [0.3, 0.4) is 0 Å². The summed E-state index contributed by atoms with van der Waals surface area (Å²) in [6.45, 7) is 1.80. The normalized spacial score (nSPS) is 10.5. The second-order valence-corrected chi connectivity index (χ2v) is 7.34. The Bertz CT molecular complexity index is 1150. The summed E-state index contributed by atoms with van der Waals surface area (Å²) >= 11 is 1.57. The van der Waals surface area contributed by atoms with Gasteiger partial charge in [0.1, 0.15) is 0 Å². The van der Waals surface area contributed by atoms with Crippen LogP contribution in [-0.4, -0.2) is 22.0 Å². The summed E-state index contributed by atoms with van der Waals surface area (Å²) in [5.41, 5.74) is 3.53. The SMILES string of the molecule is Cc1c(NC(=O)c2cc(-c3cccs3)[nH]n2)cccc1C(=O)Nc1ccccc1. The van der Waals surface area contributed by atoms with E-state index in [4.69, 9.17) is 0 Å². The van der Waals surface area contributed by atoms with Gasteiger partial charge in [-0.25, -0.2) is 0 Å². The molecule has 0 aliphatic rings. The van der Waals surface area contributed by atoms with Crippen molar-refractivity contribution in [1.82, 2.24) is 10.2 Å². The Balaban J connectivity index is 1.51. The lowest BCUT2D eigenvalue weighted by Crippen LogP contribution is -2.17. The molecule has 0 fully saturated rings. The first-order chi connectivity index (χ1) is 14.1. The zero-order valence-electron chi connectivity index (χ0n) is 15.6. The predicted octanol–water partition coefficient (Wildman–Crippen LogP) is 4.95. The van der Waals surface area contributed by atoms with Crippen molar-refractivity contribution in [1.29, 1.82) is 0 Å². The minimum absolute atomic E-state index is 0.232. The largest absolute Gasteiger partial charge is 0.322 e. The van der Waals surface area contributed by atoms with Crippen LogP contribution in [-0.2, 0) is 0 Å². The number of carbonyl (C=O) groups is 2. The van der Waals surface area contributed by atoms with Gasteiger partial charge in [0.25, 0.3) is 11.8 Å². The third-order valence-corrected chi connectivity index (χ3v) is 5.36. The average molecular weight is 402 g/mol. The molecular formula is C22H18N4O2S. The highest BCUT2D eigenvalue weighted by atomic mass is 32.1. The molecule has 4 aromatic rings. The van der Waals surface area contributed by atoms with Crippen LogP contribution >= 0.6 is 11.3 Å². The molecule has 7 heteroatoms. The lowest BCUT2D eigenvalue weighted by Gasteiger charge is -2.12. The van der Waals surface area contributed by atoms with E-state index < -0.39 is 0 Å². The number of aromatic nitrogens is 2. The molecule has 0 saturated carbocycles. The van der Waals surface area contributed by atoms with Crippen molar-refractivity contribution in [3.63, 3.8) is 0 Å². The van der Waals surface area contributed by atoms with Crippen molar-refractivity contribution >= 4 is 34.5 Å². The predicted molar refractivity (Wildman–Crippen MR) is 115 cm³/mol. The number of nitrogens with one attached hydrogen (secondary N) is 3. The van der Waals surface area contributed by atoms with Gasteiger partial charge in [-0.05, 0) is 54.3 Å². The highest BCUT2D eigenvalue weighted by Gasteiger charge is 2.16. The van der Waals surface area contributed by atoms with Crippen molar-refractivity contribution in [3.8, 4) is 10.6 Å². The monoisotopic (exact) mass is 402 g/mol. The number of para-hydroxylation sites is 1. The summed E-state index contributed by atoms with van der Waals surface area (Å²) in [6.07, 6.45) is 0. The first kappa shape index (κ1) is 18.6. The van der Waals surface area contributed by atoms with Crippen molar-refractivity contribution in [2.24, 2.45) is 0 Å². The molecule has 0 bridgehead atoms. The van der Waals surface area contributed by atoms with Gasteiger partial charge in [-0.1, -0.05) is 30.3 Å². The van der Waals surface area contributed by atoms with E-state index in [1.54, 1.807) is 42.5 Å². The molecule has 0 aliphatic heterocycles. The number of anilines is 2. The average Bonchev–Trinajstić information content (AvgIpc) is 3.42. The number of carbonyl (C=O) groups excluding carboxylic acids is 2. The second-order valence-electron chi connectivity index (χ2n) is 6.40. The maximum atomic E-state index is 12.6. The molecule has 2 aromatic carbocycles. The van der Waals surface area contributed by atoms with Gasteiger partial charge in [0.05, 0.1) is 10.6 Å². The molecule has 144 valence electrons. The fraction of sp³-hybridized carbons (Fsp3) is 0.0455. The molecule has 0 unspecified atom stereocenters. The summed E-state index contributed by atoms with van der Waals surface area (Å²) in [7, 11) is 0. The number of thiophene rings is 1. The minimum Gasteiger partial charge on any atom is -0.322 e. The van der Waals surface area contributed by atoms with Crippen molar-refractivity contribution < 1.29 is 9.59 Å². The van der Waals surface area contributed by atoms with E-state index >= 15 is 0 Å². The molecule has 4 rings (SSSR count). The van der Waals surface area contributed by atoms with Gasteiger partial charge in [-0.2, -0.15) is 5.10 Å². The molecule has 3 N–H and O–H groups in total. The zero-order valence-corrected chi connectivity index (χ0v) is 16.4. The van der Waals surface area contributed by atoms with E-state index in [0.29, 0.717) is 22.5 Å². The third kappa shape index (κ3) is 4.09. The highest BCUT2D eigenvalue weighted by Crippen LogP contribution is 2.24. The molecular weight excluding hydrogens is 384 g/mol.